The Labute approximate surface area is 160 Å². The summed E-state index contributed by atoms with van der Waals surface area (Å²) in [6, 6.07) is 16.3. The number of carbonyl (C=O) groups excluding carboxylic acids is 1. The number of aliphatic carboxylic acids is 1. The SMILES string of the molecule is COc1ccc(/C=N\N=C2\S[C@H](CC(=O)O)C(=O)N2c2ccccc2)cc1. The number of carbonyl (C=O) groups is 2. The van der Waals surface area contributed by atoms with Gasteiger partial charge in [0.25, 0.3) is 0 Å². The zero-order chi connectivity index (χ0) is 19.2. The molecule has 3 rings (SSSR count). The van der Waals surface area contributed by atoms with Crippen LogP contribution in [0, 0.1) is 0 Å². The van der Waals surface area contributed by atoms with Crippen LogP contribution in [0.1, 0.15) is 12.0 Å². The number of amides is 1. The molecule has 1 aliphatic rings. The van der Waals surface area contributed by atoms with Gasteiger partial charge in [-0.3, -0.25) is 14.5 Å². The summed E-state index contributed by atoms with van der Waals surface area (Å²) in [5.41, 5.74) is 1.45. The molecule has 0 radical (unpaired) electrons. The van der Waals surface area contributed by atoms with E-state index >= 15 is 0 Å². The molecule has 1 fully saturated rings. The molecule has 0 aliphatic carbocycles. The molecule has 1 saturated heterocycles. The fraction of sp³-hybridized carbons (Fsp3) is 0.158. The van der Waals surface area contributed by atoms with Gasteiger partial charge in [0.1, 0.15) is 11.0 Å². The minimum absolute atomic E-state index is 0.270. The first-order chi connectivity index (χ1) is 13.1. The number of nitrogens with zero attached hydrogens (tertiary/aromatic N) is 3. The molecule has 1 N–H and O–H groups in total. The molecule has 0 spiro atoms. The summed E-state index contributed by atoms with van der Waals surface area (Å²) in [6.07, 6.45) is 1.29. The molecular weight excluding hydrogens is 366 g/mol. The molecule has 2 aromatic carbocycles. The number of rotatable bonds is 6. The lowest BCUT2D eigenvalue weighted by Gasteiger charge is -2.15. The van der Waals surface area contributed by atoms with Crippen LogP contribution in [0.4, 0.5) is 5.69 Å². The summed E-state index contributed by atoms with van der Waals surface area (Å²) in [7, 11) is 1.59. The van der Waals surface area contributed by atoms with Crippen molar-refractivity contribution >= 4 is 40.7 Å². The number of methoxy groups -OCH3 is 1. The van der Waals surface area contributed by atoms with Crippen LogP contribution < -0.4 is 9.64 Å². The molecule has 2 aromatic rings. The zero-order valence-electron chi connectivity index (χ0n) is 14.5. The summed E-state index contributed by atoms with van der Waals surface area (Å²) in [5.74, 6) is -0.606. The van der Waals surface area contributed by atoms with Gasteiger partial charge in [0.2, 0.25) is 5.91 Å². The minimum Gasteiger partial charge on any atom is -0.497 e. The van der Waals surface area contributed by atoms with Gasteiger partial charge >= 0.3 is 5.97 Å². The van der Waals surface area contributed by atoms with Crippen molar-refractivity contribution in [3.05, 3.63) is 60.2 Å². The number of anilines is 1. The Hall–Kier alpha value is -3.13. The monoisotopic (exact) mass is 383 g/mol. The average Bonchev–Trinajstić information content (AvgIpc) is 2.97. The number of para-hydroxylation sites is 1. The third-order valence-electron chi connectivity index (χ3n) is 3.78. The van der Waals surface area contributed by atoms with Crippen molar-refractivity contribution in [2.75, 3.05) is 12.0 Å². The second kappa shape index (κ2) is 8.50. The first-order valence-corrected chi connectivity index (χ1v) is 8.99. The van der Waals surface area contributed by atoms with Crippen molar-refractivity contribution in [2.45, 2.75) is 11.7 Å². The van der Waals surface area contributed by atoms with Crippen molar-refractivity contribution in [1.82, 2.24) is 0 Å². The normalized spacial score (nSPS) is 18.4. The van der Waals surface area contributed by atoms with Gasteiger partial charge in [-0.2, -0.15) is 5.10 Å². The maximum atomic E-state index is 12.7. The first kappa shape index (κ1) is 18.7. The lowest BCUT2D eigenvalue weighted by Crippen LogP contribution is -2.32. The van der Waals surface area contributed by atoms with Crippen LogP contribution in [0.25, 0.3) is 0 Å². The Morgan fingerprint density at radius 2 is 1.93 bits per heavy atom. The number of benzene rings is 2. The van der Waals surface area contributed by atoms with Gasteiger partial charge in [-0.25, -0.2) is 0 Å². The predicted octanol–water partition coefficient (Wildman–Crippen LogP) is 3.01. The zero-order valence-corrected chi connectivity index (χ0v) is 15.3. The van der Waals surface area contributed by atoms with Crippen LogP contribution in [0.15, 0.2) is 64.8 Å². The maximum absolute atomic E-state index is 12.7. The second-order valence-corrected chi connectivity index (χ2v) is 6.78. The lowest BCUT2D eigenvalue weighted by molar-refractivity contribution is -0.138. The highest BCUT2D eigenvalue weighted by atomic mass is 32.2. The highest BCUT2D eigenvalue weighted by Crippen LogP contribution is 2.33. The molecule has 27 heavy (non-hydrogen) atoms. The van der Waals surface area contributed by atoms with Crippen LogP contribution in [0.5, 0.6) is 5.75 Å². The van der Waals surface area contributed by atoms with E-state index < -0.39 is 11.2 Å². The molecule has 1 aliphatic heterocycles. The standard InChI is InChI=1S/C19H17N3O4S/c1-26-15-9-7-13(8-10-15)12-20-21-19-22(14-5-3-2-4-6-14)18(25)16(27-19)11-17(23)24/h2-10,12,16H,11H2,1H3,(H,23,24)/b20-12-,21-19+/t16-/m1/s1. The van der Waals surface area contributed by atoms with Crippen molar-refractivity contribution in [3.8, 4) is 5.75 Å². The van der Waals surface area contributed by atoms with E-state index in [1.807, 2.05) is 30.3 Å². The highest BCUT2D eigenvalue weighted by Gasteiger charge is 2.40. The van der Waals surface area contributed by atoms with Gasteiger partial charge in [0.05, 0.1) is 25.4 Å². The Morgan fingerprint density at radius 1 is 1.22 bits per heavy atom. The summed E-state index contributed by atoms with van der Waals surface area (Å²) in [5, 5.41) is 16.9. The molecule has 1 amide bonds. The first-order valence-electron chi connectivity index (χ1n) is 8.11. The number of carboxylic acids is 1. The summed E-state index contributed by atoms with van der Waals surface area (Å²) < 4.78 is 5.11. The number of amidine groups is 1. The second-order valence-electron chi connectivity index (χ2n) is 5.61. The van der Waals surface area contributed by atoms with Crippen LogP contribution in [-0.4, -0.2) is 40.7 Å². The Morgan fingerprint density at radius 3 is 2.56 bits per heavy atom. The quantitative estimate of drug-likeness (QED) is 0.612. The molecule has 0 unspecified atom stereocenters. The average molecular weight is 383 g/mol. The van der Waals surface area contributed by atoms with Crippen LogP contribution in [-0.2, 0) is 9.59 Å². The lowest BCUT2D eigenvalue weighted by atomic mass is 10.2. The van der Waals surface area contributed by atoms with Gasteiger partial charge in [-0.1, -0.05) is 30.0 Å². The van der Waals surface area contributed by atoms with E-state index in [1.54, 1.807) is 37.6 Å². The van der Waals surface area contributed by atoms with E-state index in [0.29, 0.717) is 10.9 Å². The molecule has 7 nitrogen and oxygen atoms in total. The number of carboxylic acid groups (broad SMARTS) is 1. The number of hydrogen-bond acceptors (Lipinski definition) is 6. The van der Waals surface area contributed by atoms with Gasteiger partial charge in [0, 0.05) is 0 Å². The van der Waals surface area contributed by atoms with Crippen LogP contribution >= 0.6 is 11.8 Å². The van der Waals surface area contributed by atoms with E-state index in [4.69, 9.17) is 9.84 Å². The summed E-state index contributed by atoms with van der Waals surface area (Å²) in [6.45, 7) is 0. The smallest absolute Gasteiger partial charge is 0.305 e. The molecule has 0 aromatic heterocycles. The minimum atomic E-state index is -1.03. The Bertz CT molecular complexity index is 882. The van der Waals surface area contributed by atoms with Crippen molar-refractivity contribution in [1.29, 1.82) is 0 Å². The van der Waals surface area contributed by atoms with Crippen LogP contribution in [0.3, 0.4) is 0 Å². The molecule has 8 heteroatoms. The third kappa shape index (κ3) is 4.53. The molecule has 0 saturated carbocycles. The van der Waals surface area contributed by atoms with Gasteiger partial charge in [0.15, 0.2) is 5.17 Å². The molecule has 0 bridgehead atoms. The van der Waals surface area contributed by atoms with Gasteiger partial charge < -0.3 is 9.84 Å². The van der Waals surface area contributed by atoms with Crippen molar-refractivity contribution < 1.29 is 19.4 Å². The van der Waals surface area contributed by atoms with E-state index in [9.17, 15) is 9.59 Å². The fourth-order valence-electron chi connectivity index (χ4n) is 2.47. The maximum Gasteiger partial charge on any atom is 0.305 e. The Kier molecular flexibility index (Phi) is 5.87. The van der Waals surface area contributed by atoms with Gasteiger partial charge in [-0.05, 0) is 42.0 Å². The van der Waals surface area contributed by atoms with E-state index in [1.165, 1.54) is 4.90 Å². The molecule has 1 heterocycles. The predicted molar refractivity (Wildman–Crippen MR) is 106 cm³/mol. The van der Waals surface area contributed by atoms with Crippen molar-refractivity contribution in [2.24, 2.45) is 10.2 Å². The third-order valence-corrected chi connectivity index (χ3v) is 4.90. The number of hydrogen-bond donors (Lipinski definition) is 1. The van der Waals surface area contributed by atoms with Gasteiger partial charge in [-0.15, -0.1) is 5.10 Å². The summed E-state index contributed by atoms with van der Waals surface area (Å²) in [4.78, 5) is 25.1. The fourth-order valence-corrected chi connectivity index (χ4v) is 3.56. The highest BCUT2D eigenvalue weighted by molar-refractivity contribution is 8.16. The topological polar surface area (TPSA) is 91.6 Å². The Balaban J connectivity index is 1.85. The molecule has 138 valence electrons. The molecule has 1 atom stereocenters. The van der Waals surface area contributed by atoms with E-state index in [-0.39, 0.29) is 12.3 Å². The van der Waals surface area contributed by atoms with Crippen LogP contribution in [0.2, 0.25) is 0 Å². The number of ether oxygens (including phenoxy) is 1. The van der Waals surface area contributed by atoms with E-state index in [2.05, 4.69) is 10.2 Å². The summed E-state index contributed by atoms with van der Waals surface area (Å²) >= 11 is 1.10. The largest absolute Gasteiger partial charge is 0.497 e. The number of thioether (sulfide) groups is 1. The van der Waals surface area contributed by atoms with E-state index in [0.717, 1.165) is 23.1 Å². The molecular formula is C19H17N3O4S. The van der Waals surface area contributed by atoms with Crippen molar-refractivity contribution in [3.63, 3.8) is 0 Å².